The number of fused-ring (bicyclic) bond motifs is 1. The van der Waals surface area contributed by atoms with Gasteiger partial charge in [-0.05, 0) is 34.7 Å². The van der Waals surface area contributed by atoms with Crippen molar-refractivity contribution in [3.05, 3.63) is 60.3 Å². The van der Waals surface area contributed by atoms with Gasteiger partial charge in [-0.25, -0.2) is 4.98 Å². The summed E-state index contributed by atoms with van der Waals surface area (Å²) in [5.41, 5.74) is 8.57. The lowest BCUT2D eigenvalue weighted by Gasteiger charge is -2.06. The van der Waals surface area contributed by atoms with E-state index in [2.05, 4.69) is 9.72 Å². The van der Waals surface area contributed by atoms with Crippen molar-refractivity contribution >= 4 is 22.9 Å². The van der Waals surface area contributed by atoms with Gasteiger partial charge in [0.2, 0.25) is 0 Å². The van der Waals surface area contributed by atoms with Crippen LogP contribution in [0.2, 0.25) is 0 Å². The molecule has 1 heterocycles. The van der Waals surface area contributed by atoms with Gasteiger partial charge in [-0.1, -0.05) is 30.3 Å². The Morgan fingerprint density at radius 2 is 1.77 bits per heavy atom. The lowest BCUT2D eigenvalue weighted by atomic mass is 10.0. The monoisotopic (exact) mass is 294 g/mol. The van der Waals surface area contributed by atoms with Crippen molar-refractivity contribution in [2.75, 3.05) is 20.0 Å². The number of rotatable bonds is 2. The van der Waals surface area contributed by atoms with E-state index in [1.807, 2.05) is 42.5 Å². The molecule has 22 heavy (non-hydrogen) atoms. The highest BCUT2D eigenvalue weighted by molar-refractivity contribution is 5.94. The van der Waals surface area contributed by atoms with Gasteiger partial charge in [0.05, 0.1) is 0 Å². The standard InChI is InChI=1S/C16H12N2O.C2H6O/c17-16-15-9-14(5-4-12(15)6-7-18-16)13-3-1-2-11(8-13)10-19;1-3-2/h1-10H,(H2,17,18);1-2H3. The molecule has 1 aromatic heterocycles. The second-order valence-electron chi connectivity index (χ2n) is 4.78. The molecular weight excluding hydrogens is 276 g/mol. The minimum Gasteiger partial charge on any atom is -0.388 e. The van der Waals surface area contributed by atoms with Gasteiger partial charge in [0.15, 0.2) is 0 Å². The fraction of sp³-hybridized carbons (Fsp3) is 0.111. The minimum absolute atomic E-state index is 0.519. The van der Waals surface area contributed by atoms with Gasteiger partial charge in [-0.15, -0.1) is 0 Å². The molecule has 3 aromatic rings. The largest absolute Gasteiger partial charge is 0.388 e. The maximum absolute atomic E-state index is 10.8. The number of nitrogens with zero attached hydrogens (tertiary/aromatic N) is 1. The van der Waals surface area contributed by atoms with Crippen molar-refractivity contribution in [2.45, 2.75) is 0 Å². The molecule has 0 atom stereocenters. The first-order valence-electron chi connectivity index (χ1n) is 6.79. The van der Waals surface area contributed by atoms with Gasteiger partial charge in [-0.3, -0.25) is 4.79 Å². The molecule has 0 bridgehead atoms. The first-order valence-corrected chi connectivity index (χ1v) is 6.79. The SMILES string of the molecule is COC.Nc1nccc2ccc(-c3cccc(C=O)c3)cc12. The van der Waals surface area contributed by atoms with E-state index in [0.717, 1.165) is 28.2 Å². The predicted octanol–water partition coefficient (Wildman–Crippen LogP) is 3.56. The van der Waals surface area contributed by atoms with Gasteiger partial charge in [0.1, 0.15) is 12.1 Å². The Morgan fingerprint density at radius 1 is 1.05 bits per heavy atom. The van der Waals surface area contributed by atoms with Crippen molar-refractivity contribution in [2.24, 2.45) is 0 Å². The zero-order valence-corrected chi connectivity index (χ0v) is 12.6. The molecule has 2 aromatic carbocycles. The number of carbonyl (C=O) groups excluding carboxylic acids is 1. The number of aldehydes is 1. The first-order chi connectivity index (χ1) is 10.7. The van der Waals surface area contributed by atoms with E-state index in [4.69, 9.17) is 5.73 Å². The van der Waals surface area contributed by atoms with Gasteiger partial charge in [-0.2, -0.15) is 0 Å². The second kappa shape index (κ2) is 7.33. The Labute approximate surface area is 129 Å². The van der Waals surface area contributed by atoms with Crippen LogP contribution < -0.4 is 5.73 Å². The lowest BCUT2D eigenvalue weighted by Crippen LogP contribution is -1.91. The van der Waals surface area contributed by atoms with Crippen molar-refractivity contribution in [1.82, 2.24) is 4.98 Å². The molecule has 0 aliphatic carbocycles. The highest BCUT2D eigenvalue weighted by Crippen LogP contribution is 2.27. The Balaban J connectivity index is 0.000000545. The smallest absolute Gasteiger partial charge is 0.150 e. The van der Waals surface area contributed by atoms with E-state index < -0.39 is 0 Å². The minimum atomic E-state index is 0.519. The zero-order chi connectivity index (χ0) is 15.9. The topological polar surface area (TPSA) is 65.2 Å². The molecule has 0 radical (unpaired) electrons. The van der Waals surface area contributed by atoms with Crippen LogP contribution in [-0.4, -0.2) is 25.5 Å². The Hall–Kier alpha value is -2.72. The molecule has 4 heteroatoms. The molecule has 112 valence electrons. The van der Waals surface area contributed by atoms with Gasteiger partial charge >= 0.3 is 0 Å². The molecule has 3 rings (SSSR count). The molecule has 0 fully saturated rings. The highest BCUT2D eigenvalue weighted by atomic mass is 16.4. The van der Waals surface area contributed by atoms with Crippen molar-refractivity contribution < 1.29 is 9.53 Å². The molecule has 0 saturated heterocycles. The molecule has 0 spiro atoms. The maximum Gasteiger partial charge on any atom is 0.150 e. The maximum atomic E-state index is 10.8. The van der Waals surface area contributed by atoms with Crippen LogP contribution in [0, 0.1) is 0 Å². The summed E-state index contributed by atoms with van der Waals surface area (Å²) in [4.78, 5) is 14.9. The van der Waals surface area contributed by atoms with E-state index in [-0.39, 0.29) is 0 Å². The number of anilines is 1. The summed E-state index contributed by atoms with van der Waals surface area (Å²) >= 11 is 0. The molecule has 0 amide bonds. The van der Waals surface area contributed by atoms with Gasteiger partial charge in [0, 0.05) is 31.4 Å². The number of pyridine rings is 1. The Morgan fingerprint density at radius 3 is 2.50 bits per heavy atom. The van der Waals surface area contributed by atoms with Crippen LogP contribution >= 0.6 is 0 Å². The summed E-state index contributed by atoms with van der Waals surface area (Å²) in [7, 11) is 3.25. The molecular formula is C18H18N2O2. The molecule has 2 N–H and O–H groups in total. The summed E-state index contributed by atoms with van der Waals surface area (Å²) in [6, 6.07) is 15.5. The molecule has 0 unspecified atom stereocenters. The molecule has 0 saturated carbocycles. The van der Waals surface area contributed by atoms with E-state index in [1.54, 1.807) is 26.5 Å². The third kappa shape index (κ3) is 3.48. The number of carbonyl (C=O) groups is 1. The van der Waals surface area contributed by atoms with Crippen LogP contribution in [0.3, 0.4) is 0 Å². The van der Waals surface area contributed by atoms with Crippen LogP contribution in [0.4, 0.5) is 5.82 Å². The summed E-state index contributed by atoms with van der Waals surface area (Å²) in [6.45, 7) is 0. The van der Waals surface area contributed by atoms with E-state index in [1.165, 1.54) is 0 Å². The van der Waals surface area contributed by atoms with Crippen LogP contribution in [0.1, 0.15) is 10.4 Å². The van der Waals surface area contributed by atoms with E-state index >= 15 is 0 Å². The fourth-order valence-electron chi connectivity index (χ4n) is 2.16. The summed E-state index contributed by atoms with van der Waals surface area (Å²) < 4.78 is 4.25. The predicted molar refractivity (Wildman–Crippen MR) is 89.9 cm³/mol. The van der Waals surface area contributed by atoms with Crippen LogP contribution in [-0.2, 0) is 4.74 Å². The van der Waals surface area contributed by atoms with Gasteiger partial charge < -0.3 is 10.5 Å². The van der Waals surface area contributed by atoms with Crippen molar-refractivity contribution in [1.29, 1.82) is 0 Å². The third-order valence-electron chi connectivity index (χ3n) is 3.15. The normalized spacial score (nSPS) is 9.91. The lowest BCUT2D eigenvalue weighted by molar-refractivity contribution is 0.112. The number of ether oxygens (including phenoxy) is 1. The number of methoxy groups -OCH3 is 1. The molecule has 4 nitrogen and oxygen atoms in total. The Kier molecular flexibility index (Phi) is 5.22. The van der Waals surface area contributed by atoms with Crippen LogP contribution in [0.5, 0.6) is 0 Å². The van der Waals surface area contributed by atoms with Crippen LogP contribution in [0.15, 0.2) is 54.7 Å². The second-order valence-corrected chi connectivity index (χ2v) is 4.78. The van der Waals surface area contributed by atoms with Crippen LogP contribution in [0.25, 0.3) is 21.9 Å². The summed E-state index contributed by atoms with van der Waals surface area (Å²) in [6.07, 6.45) is 2.55. The number of nitrogen functional groups attached to an aromatic ring is 1. The Bertz CT molecular complexity index is 785. The van der Waals surface area contributed by atoms with Crippen molar-refractivity contribution in [3.8, 4) is 11.1 Å². The van der Waals surface area contributed by atoms with Gasteiger partial charge in [0.25, 0.3) is 0 Å². The quantitative estimate of drug-likeness (QED) is 0.734. The number of aromatic nitrogens is 1. The van der Waals surface area contributed by atoms with E-state index in [0.29, 0.717) is 11.4 Å². The summed E-state index contributed by atoms with van der Waals surface area (Å²) in [5.74, 6) is 0.519. The number of nitrogens with two attached hydrogens (primary N) is 1. The third-order valence-corrected chi connectivity index (χ3v) is 3.15. The number of benzene rings is 2. The average molecular weight is 294 g/mol. The molecule has 0 aliphatic heterocycles. The molecule has 0 aliphatic rings. The summed E-state index contributed by atoms with van der Waals surface area (Å²) in [5, 5.41) is 1.99. The number of hydrogen-bond acceptors (Lipinski definition) is 4. The van der Waals surface area contributed by atoms with E-state index in [9.17, 15) is 4.79 Å². The first kappa shape index (κ1) is 15.7. The highest BCUT2D eigenvalue weighted by Gasteiger charge is 2.03. The van der Waals surface area contributed by atoms with Crippen molar-refractivity contribution in [3.63, 3.8) is 0 Å². The fourth-order valence-corrected chi connectivity index (χ4v) is 2.16. The number of hydrogen-bond donors (Lipinski definition) is 1. The average Bonchev–Trinajstić information content (AvgIpc) is 2.56. The zero-order valence-electron chi connectivity index (χ0n) is 12.6.